The monoisotopic (exact) mass is 197 g/mol. The third-order valence-corrected chi connectivity index (χ3v) is 1.77. The number of hydrogen-bond donors (Lipinski definition) is 2. The van der Waals surface area contributed by atoms with E-state index in [-0.39, 0.29) is 5.75 Å². The minimum atomic E-state index is -0.584. The highest BCUT2D eigenvalue weighted by Crippen LogP contribution is 2.26. The number of amides is 1. The molecule has 68 valence electrons. The zero-order valence-corrected chi connectivity index (χ0v) is 7.45. The molecular formula is C9H8ClNO2. The molecule has 1 aromatic rings. The first-order chi connectivity index (χ1) is 6.11. The molecule has 0 saturated heterocycles. The molecular weight excluding hydrogens is 190 g/mol. The zero-order chi connectivity index (χ0) is 9.84. The number of aromatic hydroxyl groups is 1. The van der Waals surface area contributed by atoms with Gasteiger partial charge in [0.25, 0.3) is 0 Å². The summed E-state index contributed by atoms with van der Waals surface area (Å²) in [6.45, 7) is 0. The predicted octanol–water partition coefficient (Wildman–Crippen LogP) is 1.54. The third-order valence-electron chi connectivity index (χ3n) is 1.44. The molecule has 0 aliphatic rings. The molecule has 0 unspecified atom stereocenters. The minimum Gasteiger partial charge on any atom is -0.507 e. The first-order valence-electron chi connectivity index (χ1n) is 3.56. The molecule has 4 heteroatoms. The van der Waals surface area contributed by atoms with Crippen LogP contribution in [0, 0.1) is 0 Å². The Morgan fingerprint density at radius 1 is 1.54 bits per heavy atom. The maximum atomic E-state index is 10.4. The molecule has 0 radical (unpaired) electrons. The Balaban J connectivity index is 3.06. The van der Waals surface area contributed by atoms with Crippen molar-refractivity contribution >= 4 is 23.6 Å². The smallest absolute Gasteiger partial charge is 0.241 e. The van der Waals surface area contributed by atoms with Gasteiger partial charge in [-0.25, -0.2) is 0 Å². The lowest BCUT2D eigenvalue weighted by Gasteiger charge is -1.99. The number of benzene rings is 1. The summed E-state index contributed by atoms with van der Waals surface area (Å²) in [5.74, 6) is -0.565. The lowest BCUT2D eigenvalue weighted by molar-refractivity contribution is -0.113. The van der Waals surface area contributed by atoms with E-state index in [0.717, 1.165) is 6.08 Å². The van der Waals surface area contributed by atoms with E-state index in [1.54, 1.807) is 12.1 Å². The van der Waals surface area contributed by atoms with Crippen molar-refractivity contribution in [2.24, 2.45) is 5.73 Å². The number of carbonyl (C=O) groups is 1. The number of nitrogens with two attached hydrogens (primary N) is 1. The summed E-state index contributed by atoms with van der Waals surface area (Å²) in [5.41, 5.74) is 5.28. The Hall–Kier alpha value is -1.48. The second kappa shape index (κ2) is 3.96. The molecule has 13 heavy (non-hydrogen) atoms. The Labute approximate surface area is 80.4 Å². The fourth-order valence-electron chi connectivity index (χ4n) is 0.856. The van der Waals surface area contributed by atoms with Crippen LogP contribution in [0.3, 0.4) is 0 Å². The van der Waals surface area contributed by atoms with Crippen molar-refractivity contribution in [3.05, 3.63) is 34.9 Å². The first-order valence-corrected chi connectivity index (χ1v) is 3.94. The van der Waals surface area contributed by atoms with Gasteiger partial charge in [-0.05, 0) is 18.2 Å². The summed E-state index contributed by atoms with van der Waals surface area (Å²) < 4.78 is 0. The zero-order valence-electron chi connectivity index (χ0n) is 6.70. The molecule has 0 saturated carbocycles. The highest BCUT2D eigenvalue weighted by Gasteiger charge is 2.01. The quantitative estimate of drug-likeness (QED) is 0.707. The van der Waals surface area contributed by atoms with E-state index in [9.17, 15) is 9.90 Å². The van der Waals surface area contributed by atoms with E-state index < -0.39 is 5.91 Å². The standard InChI is InChI=1S/C9H8ClNO2/c10-7-2-1-3-8(12)6(7)4-5-9(11)13/h1-5,12H,(H2,11,13). The number of hydrogen-bond acceptors (Lipinski definition) is 2. The SMILES string of the molecule is NC(=O)C=Cc1c(O)cccc1Cl. The lowest BCUT2D eigenvalue weighted by atomic mass is 10.2. The van der Waals surface area contributed by atoms with Crippen LogP contribution in [0.1, 0.15) is 5.56 Å². The van der Waals surface area contributed by atoms with Crippen LogP contribution >= 0.6 is 11.6 Å². The fourth-order valence-corrected chi connectivity index (χ4v) is 1.09. The Morgan fingerprint density at radius 2 is 2.23 bits per heavy atom. The summed E-state index contributed by atoms with van der Waals surface area (Å²) in [5, 5.41) is 9.69. The van der Waals surface area contributed by atoms with Gasteiger partial charge in [-0.1, -0.05) is 17.7 Å². The Bertz CT molecular complexity index is 340. The number of primary amides is 1. The second-order valence-corrected chi connectivity index (χ2v) is 2.82. The van der Waals surface area contributed by atoms with Crippen molar-refractivity contribution in [2.75, 3.05) is 0 Å². The molecule has 1 amide bonds. The van der Waals surface area contributed by atoms with Gasteiger partial charge in [0.05, 0.1) is 5.02 Å². The molecule has 1 rings (SSSR count). The molecule has 0 atom stereocenters. The third kappa shape index (κ3) is 2.49. The molecule has 0 bridgehead atoms. The number of carbonyl (C=O) groups excluding carboxylic acids is 1. The first kappa shape index (κ1) is 9.61. The van der Waals surface area contributed by atoms with Crippen LogP contribution in [0.25, 0.3) is 6.08 Å². The highest BCUT2D eigenvalue weighted by atomic mass is 35.5. The predicted molar refractivity (Wildman–Crippen MR) is 51.3 cm³/mol. The summed E-state index contributed by atoms with van der Waals surface area (Å²) in [6, 6.07) is 4.70. The van der Waals surface area contributed by atoms with E-state index in [2.05, 4.69) is 0 Å². The lowest BCUT2D eigenvalue weighted by Crippen LogP contribution is -2.05. The normalized spacial score (nSPS) is 10.5. The van der Waals surface area contributed by atoms with Crippen molar-refractivity contribution in [1.82, 2.24) is 0 Å². The number of halogens is 1. The van der Waals surface area contributed by atoms with E-state index in [0.29, 0.717) is 10.6 Å². The van der Waals surface area contributed by atoms with Crippen LogP contribution in [0.15, 0.2) is 24.3 Å². The molecule has 0 spiro atoms. The average Bonchev–Trinajstić information content (AvgIpc) is 2.03. The van der Waals surface area contributed by atoms with Crippen LogP contribution in [-0.2, 0) is 4.79 Å². The topological polar surface area (TPSA) is 63.3 Å². The number of phenols is 1. The molecule has 0 aliphatic heterocycles. The van der Waals surface area contributed by atoms with Crippen LogP contribution in [0.2, 0.25) is 5.02 Å². The van der Waals surface area contributed by atoms with Gasteiger partial charge in [0, 0.05) is 11.6 Å². The summed E-state index contributed by atoms with van der Waals surface area (Å²) in [7, 11) is 0. The molecule has 0 fully saturated rings. The van der Waals surface area contributed by atoms with Gasteiger partial charge >= 0.3 is 0 Å². The van der Waals surface area contributed by atoms with Gasteiger partial charge in [0.1, 0.15) is 5.75 Å². The summed E-state index contributed by atoms with van der Waals surface area (Å²) in [6.07, 6.45) is 2.51. The minimum absolute atomic E-state index is 0.0185. The van der Waals surface area contributed by atoms with Gasteiger partial charge in [0.15, 0.2) is 0 Å². The highest BCUT2D eigenvalue weighted by molar-refractivity contribution is 6.32. The Morgan fingerprint density at radius 3 is 2.77 bits per heavy atom. The molecule has 0 aromatic heterocycles. The van der Waals surface area contributed by atoms with Crippen LogP contribution in [0.5, 0.6) is 5.75 Å². The van der Waals surface area contributed by atoms with Gasteiger partial charge in [-0.3, -0.25) is 4.79 Å². The van der Waals surface area contributed by atoms with Crippen LogP contribution < -0.4 is 5.73 Å². The average molecular weight is 198 g/mol. The van der Waals surface area contributed by atoms with Crippen molar-refractivity contribution in [3.8, 4) is 5.75 Å². The summed E-state index contributed by atoms with van der Waals surface area (Å²) >= 11 is 5.75. The van der Waals surface area contributed by atoms with Crippen molar-refractivity contribution in [3.63, 3.8) is 0 Å². The summed E-state index contributed by atoms with van der Waals surface area (Å²) in [4.78, 5) is 10.4. The van der Waals surface area contributed by atoms with E-state index in [4.69, 9.17) is 17.3 Å². The van der Waals surface area contributed by atoms with Gasteiger partial charge in [-0.15, -0.1) is 0 Å². The van der Waals surface area contributed by atoms with Crippen LogP contribution in [-0.4, -0.2) is 11.0 Å². The molecule has 3 nitrogen and oxygen atoms in total. The van der Waals surface area contributed by atoms with E-state index in [1.807, 2.05) is 0 Å². The number of phenolic OH excluding ortho intramolecular Hbond substituents is 1. The maximum absolute atomic E-state index is 10.4. The Kier molecular flexibility index (Phi) is 2.93. The van der Waals surface area contributed by atoms with Crippen molar-refractivity contribution in [2.45, 2.75) is 0 Å². The van der Waals surface area contributed by atoms with Gasteiger partial charge in [0.2, 0.25) is 5.91 Å². The van der Waals surface area contributed by atoms with Crippen LogP contribution in [0.4, 0.5) is 0 Å². The molecule has 1 aromatic carbocycles. The molecule has 3 N–H and O–H groups in total. The van der Waals surface area contributed by atoms with Crippen molar-refractivity contribution in [1.29, 1.82) is 0 Å². The second-order valence-electron chi connectivity index (χ2n) is 2.41. The maximum Gasteiger partial charge on any atom is 0.241 e. The van der Waals surface area contributed by atoms with E-state index >= 15 is 0 Å². The van der Waals surface area contributed by atoms with Crippen molar-refractivity contribution < 1.29 is 9.90 Å². The fraction of sp³-hybridized carbons (Fsp3) is 0. The van der Waals surface area contributed by atoms with Gasteiger partial charge < -0.3 is 10.8 Å². The molecule has 0 aliphatic carbocycles. The molecule has 0 heterocycles. The number of rotatable bonds is 2. The van der Waals surface area contributed by atoms with Gasteiger partial charge in [-0.2, -0.15) is 0 Å². The largest absolute Gasteiger partial charge is 0.507 e. The van der Waals surface area contributed by atoms with E-state index in [1.165, 1.54) is 12.1 Å².